The number of hydrogen-bond donors (Lipinski definition) is 1. The third kappa shape index (κ3) is 2.37. The van der Waals surface area contributed by atoms with Crippen LogP contribution in [0.5, 0.6) is 5.75 Å². The molecule has 0 fully saturated rings. The molecule has 0 saturated carbocycles. The van der Waals surface area contributed by atoms with Crippen LogP contribution >= 0.6 is 0 Å². The molecule has 5 heteroatoms. The van der Waals surface area contributed by atoms with Crippen molar-refractivity contribution < 1.29 is 13.2 Å². The number of ether oxygens (including phenoxy) is 1. The first-order chi connectivity index (χ1) is 8.54. The molecule has 0 atom stereocenters. The maximum absolute atomic E-state index is 11.5. The highest BCUT2D eigenvalue weighted by Gasteiger charge is 2.18. The molecule has 2 N–H and O–H groups in total. The highest BCUT2D eigenvalue weighted by atomic mass is 32.2. The van der Waals surface area contributed by atoms with Crippen LogP contribution in [0.2, 0.25) is 0 Å². The van der Waals surface area contributed by atoms with Gasteiger partial charge in [0.05, 0.1) is 7.11 Å². The number of para-hydroxylation sites is 1. The number of benzene rings is 2. The van der Waals surface area contributed by atoms with Crippen molar-refractivity contribution in [2.45, 2.75) is 4.90 Å². The molecule has 2 rings (SSSR count). The average Bonchev–Trinajstić information content (AvgIpc) is 2.37. The van der Waals surface area contributed by atoms with E-state index in [2.05, 4.69) is 0 Å². The van der Waals surface area contributed by atoms with Crippen LogP contribution in [0.3, 0.4) is 0 Å². The molecule has 0 aromatic heterocycles. The van der Waals surface area contributed by atoms with Crippen LogP contribution in [0.4, 0.5) is 0 Å². The lowest BCUT2D eigenvalue weighted by molar-refractivity contribution is 0.404. The van der Waals surface area contributed by atoms with E-state index in [9.17, 15) is 8.42 Å². The number of sulfonamides is 1. The van der Waals surface area contributed by atoms with E-state index in [1.165, 1.54) is 13.2 Å². The molecule has 18 heavy (non-hydrogen) atoms. The summed E-state index contributed by atoms with van der Waals surface area (Å²) >= 11 is 0. The minimum atomic E-state index is -3.80. The van der Waals surface area contributed by atoms with Crippen molar-refractivity contribution in [2.75, 3.05) is 7.11 Å². The molecule has 0 heterocycles. The van der Waals surface area contributed by atoms with Gasteiger partial charge in [0, 0.05) is 5.56 Å². The van der Waals surface area contributed by atoms with Crippen molar-refractivity contribution in [1.29, 1.82) is 0 Å². The Morgan fingerprint density at radius 3 is 2.22 bits per heavy atom. The Kier molecular flexibility index (Phi) is 3.36. The van der Waals surface area contributed by atoms with Crippen molar-refractivity contribution in [3.05, 3.63) is 48.5 Å². The topological polar surface area (TPSA) is 69.4 Å². The van der Waals surface area contributed by atoms with E-state index < -0.39 is 10.0 Å². The van der Waals surface area contributed by atoms with Gasteiger partial charge in [0.2, 0.25) is 10.0 Å². The molecule has 0 spiro atoms. The van der Waals surface area contributed by atoms with Crippen molar-refractivity contribution in [3.8, 4) is 16.9 Å². The van der Waals surface area contributed by atoms with E-state index in [-0.39, 0.29) is 10.6 Å². The highest BCUT2D eigenvalue weighted by Crippen LogP contribution is 2.34. The van der Waals surface area contributed by atoms with Gasteiger partial charge in [-0.15, -0.1) is 0 Å². The molecule has 0 aliphatic carbocycles. The first-order valence-corrected chi connectivity index (χ1v) is 6.84. The SMILES string of the molecule is COc1c(-c2ccccc2)cccc1S(N)(=O)=O. The van der Waals surface area contributed by atoms with Crippen molar-refractivity contribution >= 4 is 10.0 Å². The van der Waals surface area contributed by atoms with Crippen LogP contribution in [-0.2, 0) is 10.0 Å². The average molecular weight is 263 g/mol. The minimum absolute atomic E-state index is 0.00801. The Labute approximate surface area is 106 Å². The molecule has 0 saturated heterocycles. The Morgan fingerprint density at radius 1 is 1.00 bits per heavy atom. The molecule has 2 aromatic rings. The van der Waals surface area contributed by atoms with Crippen LogP contribution in [0.25, 0.3) is 11.1 Å². The summed E-state index contributed by atoms with van der Waals surface area (Å²) < 4.78 is 28.2. The zero-order chi connectivity index (χ0) is 13.2. The normalized spacial score (nSPS) is 11.2. The van der Waals surface area contributed by atoms with Gasteiger partial charge in [-0.3, -0.25) is 0 Å². The van der Waals surface area contributed by atoms with E-state index in [4.69, 9.17) is 9.88 Å². The third-order valence-corrected chi connectivity index (χ3v) is 3.51. The van der Waals surface area contributed by atoms with Gasteiger partial charge >= 0.3 is 0 Å². The number of hydrogen-bond acceptors (Lipinski definition) is 3. The number of rotatable bonds is 3. The van der Waals surface area contributed by atoms with Crippen LogP contribution in [-0.4, -0.2) is 15.5 Å². The number of nitrogens with two attached hydrogens (primary N) is 1. The predicted octanol–water partition coefficient (Wildman–Crippen LogP) is 2.01. The lowest BCUT2D eigenvalue weighted by Crippen LogP contribution is -2.13. The fraction of sp³-hybridized carbons (Fsp3) is 0.0769. The van der Waals surface area contributed by atoms with E-state index in [0.29, 0.717) is 5.56 Å². The van der Waals surface area contributed by atoms with Crippen LogP contribution in [0, 0.1) is 0 Å². The van der Waals surface area contributed by atoms with Gasteiger partial charge in [-0.1, -0.05) is 42.5 Å². The Hall–Kier alpha value is -1.85. The molecule has 0 amide bonds. The Balaban J connectivity index is 2.71. The lowest BCUT2D eigenvalue weighted by atomic mass is 10.1. The van der Waals surface area contributed by atoms with E-state index in [0.717, 1.165) is 5.56 Å². The van der Waals surface area contributed by atoms with Gasteiger partial charge in [-0.25, -0.2) is 13.6 Å². The smallest absolute Gasteiger partial charge is 0.241 e. The second kappa shape index (κ2) is 4.80. The second-order valence-corrected chi connectivity index (χ2v) is 5.28. The highest BCUT2D eigenvalue weighted by molar-refractivity contribution is 7.89. The zero-order valence-electron chi connectivity index (χ0n) is 9.83. The fourth-order valence-corrected chi connectivity index (χ4v) is 2.52. The summed E-state index contributed by atoms with van der Waals surface area (Å²) in [7, 11) is -2.37. The van der Waals surface area contributed by atoms with Crippen LogP contribution in [0.15, 0.2) is 53.4 Å². The summed E-state index contributed by atoms with van der Waals surface area (Å²) in [4.78, 5) is -0.00801. The monoisotopic (exact) mass is 263 g/mol. The molecule has 0 radical (unpaired) electrons. The third-order valence-electron chi connectivity index (χ3n) is 2.57. The lowest BCUT2D eigenvalue weighted by Gasteiger charge is -2.12. The molecule has 2 aromatic carbocycles. The molecule has 94 valence electrons. The first kappa shape index (κ1) is 12.6. The molecular weight excluding hydrogens is 250 g/mol. The number of methoxy groups -OCH3 is 1. The first-order valence-electron chi connectivity index (χ1n) is 5.29. The fourth-order valence-electron chi connectivity index (χ4n) is 1.80. The van der Waals surface area contributed by atoms with Crippen molar-refractivity contribution in [2.24, 2.45) is 5.14 Å². The summed E-state index contributed by atoms with van der Waals surface area (Å²) in [6.45, 7) is 0. The minimum Gasteiger partial charge on any atom is -0.495 e. The van der Waals surface area contributed by atoms with Crippen molar-refractivity contribution in [1.82, 2.24) is 0 Å². The van der Waals surface area contributed by atoms with Gasteiger partial charge in [-0.05, 0) is 11.6 Å². The Bertz CT molecular complexity index is 651. The largest absolute Gasteiger partial charge is 0.495 e. The quantitative estimate of drug-likeness (QED) is 0.921. The maximum Gasteiger partial charge on any atom is 0.241 e. The van der Waals surface area contributed by atoms with Crippen molar-refractivity contribution in [3.63, 3.8) is 0 Å². The summed E-state index contributed by atoms with van der Waals surface area (Å²) in [5.74, 6) is 0.270. The van der Waals surface area contributed by atoms with Gasteiger partial charge in [0.15, 0.2) is 0 Å². The summed E-state index contributed by atoms with van der Waals surface area (Å²) in [6, 6.07) is 14.3. The number of primary sulfonamides is 1. The standard InChI is InChI=1S/C13H13NO3S/c1-17-13-11(10-6-3-2-4-7-10)8-5-9-12(13)18(14,15)16/h2-9H,1H3,(H2,14,15,16). The maximum atomic E-state index is 11.5. The zero-order valence-corrected chi connectivity index (χ0v) is 10.6. The van der Waals surface area contributed by atoms with Gasteiger partial charge < -0.3 is 4.74 Å². The van der Waals surface area contributed by atoms with E-state index >= 15 is 0 Å². The van der Waals surface area contributed by atoms with Gasteiger partial charge in [-0.2, -0.15) is 0 Å². The summed E-state index contributed by atoms with van der Waals surface area (Å²) in [6.07, 6.45) is 0. The van der Waals surface area contributed by atoms with Gasteiger partial charge in [0.1, 0.15) is 10.6 Å². The summed E-state index contributed by atoms with van der Waals surface area (Å²) in [5, 5.41) is 5.17. The van der Waals surface area contributed by atoms with Gasteiger partial charge in [0.25, 0.3) is 0 Å². The molecule has 0 bridgehead atoms. The predicted molar refractivity (Wildman–Crippen MR) is 69.8 cm³/mol. The van der Waals surface area contributed by atoms with E-state index in [1.807, 2.05) is 30.3 Å². The molecule has 0 unspecified atom stereocenters. The second-order valence-electron chi connectivity index (χ2n) is 3.75. The van der Waals surface area contributed by atoms with Crippen LogP contribution < -0.4 is 9.88 Å². The molecule has 0 aliphatic heterocycles. The summed E-state index contributed by atoms with van der Waals surface area (Å²) in [5.41, 5.74) is 1.57. The molecular formula is C13H13NO3S. The molecule has 0 aliphatic rings. The Morgan fingerprint density at radius 2 is 1.67 bits per heavy atom. The van der Waals surface area contributed by atoms with Crippen LogP contribution in [0.1, 0.15) is 0 Å². The van der Waals surface area contributed by atoms with E-state index in [1.54, 1.807) is 12.1 Å². The molecule has 4 nitrogen and oxygen atoms in total.